The van der Waals surface area contributed by atoms with Crippen LogP contribution in [-0.4, -0.2) is 60.4 Å². The van der Waals surface area contributed by atoms with Crippen molar-refractivity contribution in [1.29, 1.82) is 0 Å². The van der Waals surface area contributed by atoms with E-state index in [4.69, 9.17) is 18.9 Å². The Balaban J connectivity index is 3.21. The molecule has 5 atom stereocenters. The van der Waals surface area contributed by atoms with Crippen molar-refractivity contribution in [3.8, 4) is 0 Å². The molecule has 1 aliphatic heterocycles. The van der Waals surface area contributed by atoms with E-state index in [0.717, 1.165) is 27.9 Å². The lowest BCUT2D eigenvalue weighted by molar-refractivity contribution is -0.234. The van der Waals surface area contributed by atoms with Crippen molar-refractivity contribution in [1.82, 2.24) is 0 Å². The van der Waals surface area contributed by atoms with E-state index in [0.29, 0.717) is 0 Å². The molecule has 0 N–H and O–H groups in total. The average molecular weight is 397 g/mol. The molecule has 0 saturated carbocycles. The van der Waals surface area contributed by atoms with Gasteiger partial charge in [0.05, 0.1) is 7.11 Å². The standard InChI is InChI=1S/C13H17BrO9/c1-5(15)20-8-9(21-6(2)16)11(13(18)19-4)23-12(14)10(8)22-7(3)17/h8-12H,1-4H3/t8-,9+,10+,11-,12-/m0/s1. The molecule has 0 aromatic carbocycles. The van der Waals surface area contributed by atoms with Gasteiger partial charge in [0, 0.05) is 20.8 Å². The van der Waals surface area contributed by atoms with Crippen molar-refractivity contribution >= 4 is 39.8 Å². The van der Waals surface area contributed by atoms with E-state index in [9.17, 15) is 19.2 Å². The highest BCUT2D eigenvalue weighted by Gasteiger charge is 2.53. The number of hydrogen-bond donors (Lipinski definition) is 0. The van der Waals surface area contributed by atoms with Gasteiger partial charge in [-0.3, -0.25) is 14.4 Å². The molecule has 1 rings (SSSR count). The molecule has 130 valence electrons. The number of carbonyl (C=O) groups is 4. The lowest BCUT2D eigenvalue weighted by Crippen LogP contribution is -2.61. The molecular weight excluding hydrogens is 380 g/mol. The Hall–Kier alpha value is -1.68. The van der Waals surface area contributed by atoms with Crippen LogP contribution in [0.5, 0.6) is 0 Å². The number of rotatable bonds is 4. The second kappa shape index (κ2) is 8.25. The largest absolute Gasteiger partial charge is 0.467 e. The number of halogens is 1. The molecule has 23 heavy (non-hydrogen) atoms. The second-order valence-corrected chi connectivity index (χ2v) is 5.56. The highest BCUT2D eigenvalue weighted by atomic mass is 79.9. The number of alkyl halides is 1. The van der Waals surface area contributed by atoms with Crippen LogP contribution in [0, 0.1) is 0 Å². The van der Waals surface area contributed by atoms with Gasteiger partial charge in [0.25, 0.3) is 0 Å². The predicted octanol–water partition coefficient (Wildman–Crippen LogP) is 0.0743. The first-order valence-corrected chi connectivity index (χ1v) is 7.48. The molecule has 1 aliphatic rings. The number of hydrogen-bond acceptors (Lipinski definition) is 9. The van der Waals surface area contributed by atoms with Gasteiger partial charge in [-0.1, -0.05) is 15.9 Å². The van der Waals surface area contributed by atoms with E-state index in [-0.39, 0.29) is 0 Å². The van der Waals surface area contributed by atoms with Crippen molar-refractivity contribution < 1.29 is 42.9 Å². The Labute approximate surface area is 140 Å². The Morgan fingerprint density at radius 2 is 1.26 bits per heavy atom. The number of esters is 4. The molecule has 0 amide bonds. The summed E-state index contributed by atoms with van der Waals surface area (Å²) in [5.41, 5.74) is 0. The molecular formula is C13H17BrO9. The molecule has 0 aromatic rings. The maximum absolute atomic E-state index is 11.9. The normalized spacial score (nSPS) is 30.0. The van der Waals surface area contributed by atoms with Gasteiger partial charge < -0.3 is 23.7 Å². The van der Waals surface area contributed by atoms with Crippen LogP contribution in [-0.2, 0) is 42.9 Å². The van der Waals surface area contributed by atoms with Crippen molar-refractivity contribution in [3.05, 3.63) is 0 Å². The molecule has 1 fully saturated rings. The van der Waals surface area contributed by atoms with Crippen molar-refractivity contribution in [2.75, 3.05) is 7.11 Å². The molecule has 0 unspecified atom stereocenters. The lowest BCUT2D eigenvalue weighted by Gasteiger charge is -2.41. The molecule has 1 saturated heterocycles. The maximum Gasteiger partial charge on any atom is 0.339 e. The first-order valence-electron chi connectivity index (χ1n) is 6.56. The molecule has 0 aromatic heterocycles. The van der Waals surface area contributed by atoms with Gasteiger partial charge in [-0.15, -0.1) is 0 Å². The quantitative estimate of drug-likeness (QED) is 0.369. The van der Waals surface area contributed by atoms with Crippen LogP contribution in [0.25, 0.3) is 0 Å². The van der Waals surface area contributed by atoms with Gasteiger partial charge >= 0.3 is 23.9 Å². The molecule has 9 nitrogen and oxygen atoms in total. The zero-order valence-corrected chi connectivity index (χ0v) is 14.5. The third kappa shape index (κ3) is 5.17. The zero-order chi connectivity index (χ0) is 17.7. The van der Waals surface area contributed by atoms with Crippen molar-refractivity contribution in [2.45, 2.75) is 50.2 Å². The van der Waals surface area contributed by atoms with Crippen LogP contribution >= 0.6 is 15.9 Å². The fourth-order valence-electron chi connectivity index (χ4n) is 2.07. The number of carbonyl (C=O) groups excluding carboxylic acids is 4. The summed E-state index contributed by atoms with van der Waals surface area (Å²) in [7, 11) is 1.12. The highest BCUT2D eigenvalue weighted by Crippen LogP contribution is 2.31. The Kier molecular flexibility index (Phi) is 6.95. The number of methoxy groups -OCH3 is 1. The minimum Gasteiger partial charge on any atom is -0.467 e. The van der Waals surface area contributed by atoms with Gasteiger partial charge in [-0.05, 0) is 0 Å². The zero-order valence-electron chi connectivity index (χ0n) is 12.9. The summed E-state index contributed by atoms with van der Waals surface area (Å²) < 4.78 is 25.2. The van der Waals surface area contributed by atoms with Crippen molar-refractivity contribution in [2.24, 2.45) is 0 Å². The van der Waals surface area contributed by atoms with Crippen LogP contribution in [0.2, 0.25) is 0 Å². The fraction of sp³-hybridized carbons (Fsp3) is 0.692. The van der Waals surface area contributed by atoms with E-state index < -0.39 is 53.3 Å². The summed E-state index contributed by atoms with van der Waals surface area (Å²) in [6, 6.07) is 0. The van der Waals surface area contributed by atoms with Crippen LogP contribution in [0.1, 0.15) is 20.8 Å². The third-order valence-electron chi connectivity index (χ3n) is 2.82. The maximum atomic E-state index is 11.9. The SMILES string of the molecule is COC(=O)[C@H]1O[C@H](Br)[C@H](OC(C)=O)[C@@H](OC(C)=O)[C@H]1OC(C)=O. The Bertz CT molecular complexity index is 492. The van der Waals surface area contributed by atoms with Crippen molar-refractivity contribution in [3.63, 3.8) is 0 Å². The summed E-state index contributed by atoms with van der Waals surface area (Å²) in [5.74, 6) is -2.95. The summed E-state index contributed by atoms with van der Waals surface area (Å²) in [4.78, 5) is 45.8. The summed E-state index contributed by atoms with van der Waals surface area (Å²) in [5, 5.41) is -0.980. The van der Waals surface area contributed by atoms with Crippen LogP contribution in [0.3, 0.4) is 0 Å². The molecule has 0 spiro atoms. The molecule has 0 aliphatic carbocycles. The topological polar surface area (TPSA) is 114 Å². The molecule has 0 radical (unpaired) electrons. The smallest absolute Gasteiger partial charge is 0.339 e. The van der Waals surface area contributed by atoms with E-state index in [1.54, 1.807) is 0 Å². The minimum absolute atomic E-state index is 0.668. The van der Waals surface area contributed by atoms with Gasteiger partial charge in [0.15, 0.2) is 29.4 Å². The van der Waals surface area contributed by atoms with E-state index in [1.165, 1.54) is 0 Å². The Morgan fingerprint density at radius 3 is 1.70 bits per heavy atom. The minimum atomic E-state index is -1.36. The average Bonchev–Trinajstić information content (AvgIpc) is 2.43. The van der Waals surface area contributed by atoms with Gasteiger partial charge in [-0.2, -0.15) is 0 Å². The van der Waals surface area contributed by atoms with Gasteiger partial charge in [0.1, 0.15) is 0 Å². The van der Waals surface area contributed by atoms with E-state index >= 15 is 0 Å². The van der Waals surface area contributed by atoms with Crippen LogP contribution < -0.4 is 0 Å². The summed E-state index contributed by atoms with van der Waals surface area (Å²) >= 11 is 3.11. The van der Waals surface area contributed by atoms with Gasteiger partial charge in [0.2, 0.25) is 0 Å². The third-order valence-corrected chi connectivity index (χ3v) is 3.56. The molecule has 0 bridgehead atoms. The first kappa shape index (κ1) is 19.4. The Morgan fingerprint density at radius 1 is 0.826 bits per heavy atom. The molecule has 1 heterocycles. The predicted molar refractivity (Wildman–Crippen MR) is 76.3 cm³/mol. The first-order chi connectivity index (χ1) is 10.7. The van der Waals surface area contributed by atoms with E-state index in [2.05, 4.69) is 20.7 Å². The number of ether oxygens (including phenoxy) is 5. The van der Waals surface area contributed by atoms with Crippen LogP contribution in [0.4, 0.5) is 0 Å². The lowest BCUT2D eigenvalue weighted by atomic mass is 9.99. The van der Waals surface area contributed by atoms with Gasteiger partial charge in [-0.25, -0.2) is 4.79 Å². The van der Waals surface area contributed by atoms with Crippen LogP contribution in [0.15, 0.2) is 0 Å². The summed E-state index contributed by atoms with van der Waals surface area (Å²) in [6.07, 6.45) is -5.06. The second-order valence-electron chi connectivity index (χ2n) is 4.65. The summed E-state index contributed by atoms with van der Waals surface area (Å²) in [6.45, 7) is 3.39. The fourth-order valence-corrected chi connectivity index (χ4v) is 2.71. The molecule has 10 heteroatoms. The monoisotopic (exact) mass is 396 g/mol. The highest BCUT2D eigenvalue weighted by molar-refractivity contribution is 9.09. The van der Waals surface area contributed by atoms with E-state index in [1.807, 2.05) is 0 Å².